The van der Waals surface area contributed by atoms with Crippen molar-refractivity contribution in [1.29, 1.82) is 0 Å². The van der Waals surface area contributed by atoms with Crippen molar-refractivity contribution in [3.8, 4) is 0 Å². The van der Waals surface area contributed by atoms with Crippen LogP contribution in [0.3, 0.4) is 0 Å². The summed E-state index contributed by atoms with van der Waals surface area (Å²) in [6.07, 6.45) is -1.65. The third-order valence-electron chi connectivity index (χ3n) is 5.56. The lowest BCUT2D eigenvalue weighted by Crippen LogP contribution is -2.58. The second kappa shape index (κ2) is 10.9. The zero-order valence-electron chi connectivity index (χ0n) is 21.2. The molecule has 4 unspecified atom stereocenters. The van der Waals surface area contributed by atoms with E-state index in [1.807, 2.05) is 50.2 Å². The highest BCUT2D eigenvalue weighted by atomic mass is 32.2. The fraction of sp³-hybridized carbons (Fsp3) is 0.519. The minimum atomic E-state index is -1.14. The normalized spacial score (nSPS) is 28.0. The topological polar surface area (TPSA) is 63.2 Å². The average molecular weight is 519 g/mol. The second-order valence-corrected chi connectivity index (χ2v) is 13.9. The quantitative estimate of drug-likeness (QED) is 0.387. The molecule has 35 heavy (non-hydrogen) atoms. The molecule has 2 fully saturated rings. The van der Waals surface area contributed by atoms with Crippen molar-refractivity contribution in [3.05, 3.63) is 60.7 Å². The Bertz CT molecular complexity index is 941. The van der Waals surface area contributed by atoms with Crippen LogP contribution < -0.4 is 10.6 Å². The van der Waals surface area contributed by atoms with Crippen molar-refractivity contribution in [3.63, 3.8) is 0 Å². The Morgan fingerprint density at radius 1 is 0.971 bits per heavy atom. The summed E-state index contributed by atoms with van der Waals surface area (Å²) in [4.78, 5) is 11.6. The lowest BCUT2D eigenvalue weighted by Gasteiger charge is -2.44. The predicted octanol–water partition coefficient (Wildman–Crippen LogP) is 4.76. The summed E-state index contributed by atoms with van der Waals surface area (Å²) in [5.74, 6) is -1.16. The standard InChI is InChI=1S/C27H35O6PS/c1-18(28)29-17-21-22-23(32-27(5,6)31-22)24(25(30-21)35-26(2,3)4)33-34(19-13-9-7-10-14-19)20-15-11-8-12-16-20/h7-16,21-25H,17H2,1-6H3/t21?,22?,23?,24?,25-/m0/s1. The molecule has 0 radical (unpaired) electrons. The van der Waals surface area contributed by atoms with E-state index in [-0.39, 0.29) is 28.9 Å². The number of carbonyl (C=O) groups excluding carboxylic acids is 1. The van der Waals surface area contributed by atoms with Gasteiger partial charge in [-0.1, -0.05) is 81.4 Å². The zero-order valence-corrected chi connectivity index (χ0v) is 22.9. The van der Waals surface area contributed by atoms with E-state index >= 15 is 0 Å². The minimum absolute atomic E-state index is 0.0949. The Kier molecular flexibility index (Phi) is 8.26. The number of hydrogen-bond donors (Lipinski definition) is 0. The molecule has 2 aliphatic rings. The molecule has 5 atom stereocenters. The fourth-order valence-electron chi connectivity index (χ4n) is 4.25. The summed E-state index contributed by atoms with van der Waals surface area (Å²) in [5, 5.41) is 2.23. The summed E-state index contributed by atoms with van der Waals surface area (Å²) < 4.78 is 31.6. The van der Waals surface area contributed by atoms with E-state index in [2.05, 4.69) is 45.0 Å². The van der Waals surface area contributed by atoms with Gasteiger partial charge in [0.15, 0.2) is 5.79 Å². The third kappa shape index (κ3) is 6.85. The van der Waals surface area contributed by atoms with Crippen molar-refractivity contribution in [2.24, 2.45) is 0 Å². The van der Waals surface area contributed by atoms with Crippen LogP contribution in [-0.4, -0.2) is 53.0 Å². The van der Waals surface area contributed by atoms with E-state index in [9.17, 15) is 4.79 Å². The summed E-state index contributed by atoms with van der Waals surface area (Å²) >= 11 is 1.69. The van der Waals surface area contributed by atoms with Gasteiger partial charge in [-0.15, -0.1) is 11.8 Å². The second-order valence-electron chi connectivity index (χ2n) is 10.2. The number of esters is 1. The van der Waals surface area contributed by atoms with Crippen LogP contribution in [0.25, 0.3) is 0 Å². The van der Waals surface area contributed by atoms with Crippen LogP contribution in [0.1, 0.15) is 41.5 Å². The highest BCUT2D eigenvalue weighted by molar-refractivity contribution is 8.01. The largest absolute Gasteiger partial charge is 0.463 e. The zero-order chi connectivity index (χ0) is 25.2. The van der Waals surface area contributed by atoms with E-state index in [0.717, 1.165) is 10.6 Å². The molecular weight excluding hydrogens is 483 g/mol. The van der Waals surface area contributed by atoms with Gasteiger partial charge in [0.1, 0.15) is 36.5 Å². The van der Waals surface area contributed by atoms with Crippen molar-refractivity contribution >= 4 is 36.5 Å². The Morgan fingerprint density at radius 3 is 2.03 bits per heavy atom. The van der Waals surface area contributed by atoms with E-state index < -0.39 is 32.2 Å². The number of hydrogen-bond acceptors (Lipinski definition) is 7. The molecule has 2 aliphatic heterocycles. The van der Waals surface area contributed by atoms with E-state index in [4.69, 9.17) is 23.5 Å². The molecule has 2 aromatic carbocycles. The van der Waals surface area contributed by atoms with Gasteiger partial charge >= 0.3 is 5.97 Å². The molecule has 2 heterocycles. The Balaban J connectivity index is 1.71. The lowest BCUT2D eigenvalue weighted by molar-refractivity contribution is -0.175. The van der Waals surface area contributed by atoms with Crippen LogP contribution in [0, 0.1) is 0 Å². The Labute approximate surface area is 213 Å². The highest BCUT2D eigenvalue weighted by Crippen LogP contribution is 2.48. The van der Waals surface area contributed by atoms with Gasteiger partial charge in [-0.2, -0.15) is 0 Å². The van der Waals surface area contributed by atoms with Crippen LogP contribution in [0.4, 0.5) is 0 Å². The predicted molar refractivity (Wildman–Crippen MR) is 140 cm³/mol. The third-order valence-corrected chi connectivity index (χ3v) is 8.87. The first-order valence-corrected chi connectivity index (χ1v) is 14.1. The molecule has 2 saturated heterocycles. The van der Waals surface area contributed by atoms with Crippen LogP contribution in [0.5, 0.6) is 0 Å². The van der Waals surface area contributed by atoms with Crippen molar-refractivity contribution in [2.45, 2.75) is 81.9 Å². The maximum Gasteiger partial charge on any atom is 0.302 e. The molecule has 0 bridgehead atoms. The maximum atomic E-state index is 11.6. The van der Waals surface area contributed by atoms with Gasteiger partial charge in [0, 0.05) is 22.3 Å². The number of thioether (sulfide) groups is 1. The fourth-order valence-corrected chi connectivity index (χ4v) is 7.47. The molecule has 8 heteroatoms. The van der Waals surface area contributed by atoms with E-state index in [1.165, 1.54) is 6.92 Å². The monoisotopic (exact) mass is 518 g/mol. The van der Waals surface area contributed by atoms with Gasteiger partial charge in [0.2, 0.25) is 0 Å². The smallest absolute Gasteiger partial charge is 0.302 e. The lowest BCUT2D eigenvalue weighted by atomic mass is 10.0. The number of fused-ring (bicyclic) bond motifs is 1. The molecule has 0 N–H and O–H groups in total. The molecule has 0 spiro atoms. The number of rotatable bonds is 7. The number of benzene rings is 2. The average Bonchev–Trinajstić information content (AvgIpc) is 3.12. The minimum Gasteiger partial charge on any atom is -0.463 e. The highest BCUT2D eigenvalue weighted by Gasteiger charge is 2.57. The molecule has 0 amide bonds. The summed E-state index contributed by atoms with van der Waals surface area (Å²) in [6, 6.07) is 20.6. The first-order valence-electron chi connectivity index (χ1n) is 11.9. The van der Waals surface area contributed by atoms with Crippen molar-refractivity contribution in [2.75, 3.05) is 6.61 Å². The molecular formula is C27H35O6PS. The van der Waals surface area contributed by atoms with Gasteiger partial charge in [-0.05, 0) is 13.8 Å². The summed E-state index contributed by atoms with van der Waals surface area (Å²) in [5.41, 5.74) is -0.341. The number of ether oxygens (including phenoxy) is 4. The van der Waals surface area contributed by atoms with E-state index in [0.29, 0.717) is 0 Å². The number of carbonyl (C=O) groups is 1. The van der Waals surface area contributed by atoms with Gasteiger partial charge < -0.3 is 23.5 Å². The molecule has 190 valence electrons. The SMILES string of the molecule is CC(=O)OCC1O[C@@H](SC(C)(C)C)C(OP(c2ccccc2)c2ccccc2)C2OC(C)(C)OC12. The van der Waals surface area contributed by atoms with E-state index in [1.54, 1.807) is 11.8 Å². The molecule has 0 aromatic heterocycles. The first-order chi connectivity index (χ1) is 16.5. The Morgan fingerprint density at radius 2 is 1.51 bits per heavy atom. The van der Waals surface area contributed by atoms with Gasteiger partial charge in [0.25, 0.3) is 0 Å². The molecule has 6 nitrogen and oxygen atoms in total. The molecule has 0 saturated carbocycles. The maximum absolute atomic E-state index is 11.6. The van der Waals surface area contributed by atoms with Crippen molar-refractivity contribution < 1.29 is 28.3 Å². The molecule has 2 aromatic rings. The van der Waals surface area contributed by atoms with Crippen LogP contribution in [0.15, 0.2) is 60.7 Å². The van der Waals surface area contributed by atoms with Gasteiger partial charge in [0.05, 0.1) is 8.15 Å². The van der Waals surface area contributed by atoms with Gasteiger partial charge in [-0.25, -0.2) is 0 Å². The molecule has 0 aliphatic carbocycles. The van der Waals surface area contributed by atoms with Crippen LogP contribution in [0.2, 0.25) is 0 Å². The van der Waals surface area contributed by atoms with Crippen molar-refractivity contribution in [1.82, 2.24) is 0 Å². The first kappa shape index (κ1) is 26.6. The van der Waals surface area contributed by atoms with Gasteiger partial charge in [-0.3, -0.25) is 4.79 Å². The Hall–Kier alpha value is -1.47. The molecule has 4 rings (SSSR count). The van der Waals surface area contributed by atoms with Crippen LogP contribution in [-0.2, 0) is 28.3 Å². The summed E-state index contributed by atoms with van der Waals surface area (Å²) in [7, 11) is -1.14. The summed E-state index contributed by atoms with van der Waals surface area (Å²) in [6.45, 7) is 11.8. The van der Waals surface area contributed by atoms with Crippen LogP contribution >= 0.6 is 19.9 Å².